The summed E-state index contributed by atoms with van der Waals surface area (Å²) >= 11 is 5.76. The van der Waals surface area contributed by atoms with E-state index in [-0.39, 0.29) is 22.7 Å². The molecule has 3 rings (SSSR count). The highest BCUT2D eigenvalue weighted by Crippen LogP contribution is 2.30. The van der Waals surface area contributed by atoms with Crippen LogP contribution in [0.3, 0.4) is 0 Å². The van der Waals surface area contributed by atoms with Crippen LogP contribution in [0.4, 0.5) is 8.78 Å². The van der Waals surface area contributed by atoms with Gasteiger partial charge in [-0.05, 0) is 35.9 Å². The lowest BCUT2D eigenvalue weighted by molar-refractivity contribution is -0.0443. The van der Waals surface area contributed by atoms with Gasteiger partial charge in [-0.1, -0.05) is 23.7 Å². The fourth-order valence-corrected chi connectivity index (χ4v) is 2.69. The van der Waals surface area contributed by atoms with Crippen LogP contribution in [-0.2, 0) is 4.74 Å². The minimum atomic E-state index is -0.630. The van der Waals surface area contributed by atoms with Crippen molar-refractivity contribution in [1.29, 1.82) is 0 Å². The molecule has 0 bridgehead atoms. The Morgan fingerprint density at radius 3 is 2.78 bits per heavy atom. The lowest BCUT2D eigenvalue weighted by Gasteiger charge is -2.31. The van der Waals surface area contributed by atoms with E-state index in [4.69, 9.17) is 21.1 Å². The van der Waals surface area contributed by atoms with Crippen molar-refractivity contribution >= 4 is 11.6 Å². The summed E-state index contributed by atoms with van der Waals surface area (Å²) in [6.07, 6.45) is -0.977. The van der Waals surface area contributed by atoms with Gasteiger partial charge < -0.3 is 14.8 Å². The lowest BCUT2D eigenvalue weighted by atomic mass is 10.0. The third-order valence-electron chi connectivity index (χ3n) is 3.62. The minimum absolute atomic E-state index is 0.0536. The standard InChI is InChI=1S/C17H16ClF2NO2/c18-12-4-5-15(14(20)9-12)23-17(16-10-21-6-7-22-16)11-2-1-3-13(19)8-11/h1-5,8-9,16-17,21H,6-7,10H2/t16-,17-/m0/s1. The van der Waals surface area contributed by atoms with Crippen LogP contribution >= 0.6 is 11.6 Å². The van der Waals surface area contributed by atoms with E-state index in [9.17, 15) is 8.78 Å². The number of halogens is 3. The van der Waals surface area contributed by atoms with Gasteiger partial charge in [0.1, 0.15) is 11.9 Å². The first-order valence-corrected chi connectivity index (χ1v) is 7.71. The van der Waals surface area contributed by atoms with Gasteiger partial charge in [0, 0.05) is 18.1 Å². The molecule has 0 radical (unpaired) electrons. The molecule has 0 saturated carbocycles. The highest BCUT2D eigenvalue weighted by atomic mass is 35.5. The van der Waals surface area contributed by atoms with Crippen LogP contribution in [-0.4, -0.2) is 25.8 Å². The fraction of sp³-hybridized carbons (Fsp3) is 0.294. The molecule has 122 valence electrons. The van der Waals surface area contributed by atoms with Crippen LogP contribution in [0.2, 0.25) is 5.02 Å². The van der Waals surface area contributed by atoms with Crippen LogP contribution in [0.5, 0.6) is 5.75 Å². The molecule has 1 aliphatic heterocycles. The van der Waals surface area contributed by atoms with E-state index in [1.807, 2.05) is 0 Å². The number of ether oxygens (including phenoxy) is 2. The molecule has 0 aliphatic carbocycles. The largest absolute Gasteiger partial charge is 0.480 e. The molecule has 1 saturated heterocycles. The fourth-order valence-electron chi connectivity index (χ4n) is 2.53. The number of morpholine rings is 1. The van der Waals surface area contributed by atoms with E-state index >= 15 is 0 Å². The second-order valence-corrected chi connectivity index (χ2v) is 5.72. The molecule has 0 unspecified atom stereocenters. The van der Waals surface area contributed by atoms with Gasteiger partial charge in [-0.15, -0.1) is 0 Å². The Labute approximate surface area is 138 Å². The summed E-state index contributed by atoms with van der Waals surface area (Å²) < 4.78 is 39.1. The minimum Gasteiger partial charge on any atom is -0.480 e. The predicted molar refractivity (Wildman–Crippen MR) is 83.8 cm³/mol. The second-order valence-electron chi connectivity index (χ2n) is 5.28. The zero-order chi connectivity index (χ0) is 16.2. The van der Waals surface area contributed by atoms with Crippen molar-refractivity contribution in [3.05, 3.63) is 64.7 Å². The Kier molecular flexibility index (Phi) is 5.10. The third kappa shape index (κ3) is 3.99. The highest BCUT2D eigenvalue weighted by Gasteiger charge is 2.29. The average Bonchev–Trinajstić information content (AvgIpc) is 2.55. The summed E-state index contributed by atoms with van der Waals surface area (Å²) in [6, 6.07) is 10.2. The number of hydrogen-bond acceptors (Lipinski definition) is 3. The number of benzene rings is 2. The zero-order valence-corrected chi connectivity index (χ0v) is 13.0. The van der Waals surface area contributed by atoms with E-state index in [0.29, 0.717) is 18.7 Å². The van der Waals surface area contributed by atoms with E-state index < -0.39 is 11.9 Å². The smallest absolute Gasteiger partial charge is 0.166 e. The second kappa shape index (κ2) is 7.25. The van der Waals surface area contributed by atoms with Gasteiger partial charge in [-0.2, -0.15) is 0 Å². The van der Waals surface area contributed by atoms with E-state index in [1.54, 1.807) is 18.2 Å². The summed E-state index contributed by atoms with van der Waals surface area (Å²) in [4.78, 5) is 0. The number of rotatable bonds is 4. The first-order chi connectivity index (χ1) is 11.1. The summed E-state index contributed by atoms with van der Waals surface area (Å²) in [7, 11) is 0. The summed E-state index contributed by atoms with van der Waals surface area (Å²) in [6.45, 7) is 1.79. The maximum Gasteiger partial charge on any atom is 0.166 e. The molecule has 2 aromatic rings. The quantitative estimate of drug-likeness (QED) is 0.920. The molecule has 23 heavy (non-hydrogen) atoms. The Hall–Kier alpha value is -1.69. The molecule has 0 spiro atoms. The monoisotopic (exact) mass is 339 g/mol. The first-order valence-electron chi connectivity index (χ1n) is 7.33. The Morgan fingerprint density at radius 2 is 2.09 bits per heavy atom. The Morgan fingerprint density at radius 1 is 1.22 bits per heavy atom. The van der Waals surface area contributed by atoms with Gasteiger partial charge in [0.25, 0.3) is 0 Å². The van der Waals surface area contributed by atoms with Crippen molar-refractivity contribution in [3.8, 4) is 5.75 Å². The van der Waals surface area contributed by atoms with Gasteiger partial charge in [-0.25, -0.2) is 8.78 Å². The van der Waals surface area contributed by atoms with Gasteiger partial charge in [-0.3, -0.25) is 0 Å². The molecule has 1 fully saturated rings. The van der Waals surface area contributed by atoms with Crippen molar-refractivity contribution in [2.24, 2.45) is 0 Å². The van der Waals surface area contributed by atoms with Crippen LogP contribution in [0, 0.1) is 11.6 Å². The van der Waals surface area contributed by atoms with E-state index in [2.05, 4.69) is 5.32 Å². The van der Waals surface area contributed by atoms with Crippen LogP contribution in [0.1, 0.15) is 11.7 Å². The molecular formula is C17H16ClF2NO2. The van der Waals surface area contributed by atoms with Crippen LogP contribution < -0.4 is 10.1 Å². The molecule has 2 atom stereocenters. The van der Waals surface area contributed by atoms with E-state index in [0.717, 1.165) is 6.54 Å². The van der Waals surface area contributed by atoms with Gasteiger partial charge in [0.15, 0.2) is 17.7 Å². The molecule has 1 N–H and O–H groups in total. The average molecular weight is 340 g/mol. The molecule has 3 nitrogen and oxygen atoms in total. The van der Waals surface area contributed by atoms with Crippen LogP contribution in [0.15, 0.2) is 42.5 Å². The number of hydrogen-bond donors (Lipinski definition) is 1. The Balaban J connectivity index is 1.91. The molecule has 0 amide bonds. The molecule has 6 heteroatoms. The molecule has 1 heterocycles. The van der Waals surface area contributed by atoms with Crippen molar-refractivity contribution in [1.82, 2.24) is 5.32 Å². The molecule has 2 aromatic carbocycles. The maximum atomic E-state index is 14.0. The van der Waals surface area contributed by atoms with Crippen molar-refractivity contribution in [2.75, 3.05) is 19.7 Å². The molecular weight excluding hydrogens is 324 g/mol. The van der Waals surface area contributed by atoms with Gasteiger partial charge in [0.2, 0.25) is 0 Å². The summed E-state index contributed by atoms with van der Waals surface area (Å²) in [5, 5.41) is 3.48. The number of nitrogens with one attached hydrogen (secondary N) is 1. The maximum absolute atomic E-state index is 14.0. The predicted octanol–water partition coefficient (Wildman–Crippen LogP) is 3.73. The van der Waals surface area contributed by atoms with Crippen molar-refractivity contribution in [2.45, 2.75) is 12.2 Å². The van der Waals surface area contributed by atoms with E-state index in [1.165, 1.54) is 24.3 Å². The zero-order valence-electron chi connectivity index (χ0n) is 12.3. The first kappa shape index (κ1) is 16.2. The summed E-state index contributed by atoms with van der Waals surface area (Å²) in [5.74, 6) is -0.892. The lowest BCUT2D eigenvalue weighted by Crippen LogP contribution is -2.43. The van der Waals surface area contributed by atoms with Crippen molar-refractivity contribution in [3.63, 3.8) is 0 Å². The van der Waals surface area contributed by atoms with Crippen LogP contribution in [0.25, 0.3) is 0 Å². The SMILES string of the molecule is Fc1cccc([C@H](Oc2ccc(Cl)cc2F)[C@@H]2CNCCO2)c1. The van der Waals surface area contributed by atoms with Gasteiger partial charge in [0.05, 0.1) is 6.61 Å². The normalized spacial score (nSPS) is 19.3. The Bertz CT molecular complexity index is 677. The molecule has 1 aliphatic rings. The highest BCUT2D eigenvalue weighted by molar-refractivity contribution is 6.30. The topological polar surface area (TPSA) is 30.5 Å². The van der Waals surface area contributed by atoms with Gasteiger partial charge >= 0.3 is 0 Å². The molecule has 0 aromatic heterocycles. The third-order valence-corrected chi connectivity index (χ3v) is 3.85. The summed E-state index contributed by atoms with van der Waals surface area (Å²) in [5.41, 5.74) is 0.591. The van der Waals surface area contributed by atoms with Crippen molar-refractivity contribution < 1.29 is 18.3 Å².